The van der Waals surface area contributed by atoms with Crippen LogP contribution in [0.2, 0.25) is 0 Å². The van der Waals surface area contributed by atoms with Crippen LogP contribution in [-0.2, 0) is 0 Å². The van der Waals surface area contributed by atoms with E-state index < -0.39 is 0 Å². The van der Waals surface area contributed by atoms with Gasteiger partial charge in [0.2, 0.25) is 0 Å². The van der Waals surface area contributed by atoms with Crippen LogP contribution in [0.3, 0.4) is 0 Å². The fraction of sp³-hybridized carbons (Fsp3) is 0.533. The second-order valence-electron chi connectivity index (χ2n) is 5.31. The van der Waals surface area contributed by atoms with Crippen LogP contribution in [0.15, 0.2) is 18.2 Å². The van der Waals surface area contributed by atoms with E-state index in [1.165, 1.54) is 0 Å². The number of nitrogens with one attached hydrogen (secondary N) is 2. The first-order valence-electron chi connectivity index (χ1n) is 6.88. The molecule has 0 aliphatic heterocycles. The van der Waals surface area contributed by atoms with Gasteiger partial charge >= 0.3 is 0 Å². The quantitative estimate of drug-likeness (QED) is 0.780. The zero-order valence-corrected chi connectivity index (χ0v) is 11.6. The highest BCUT2D eigenvalue weighted by atomic mass is 16.3. The molecule has 1 aliphatic carbocycles. The van der Waals surface area contributed by atoms with Gasteiger partial charge in [-0.25, -0.2) is 0 Å². The Morgan fingerprint density at radius 3 is 2.42 bits per heavy atom. The minimum atomic E-state index is -0.0367. The van der Waals surface area contributed by atoms with Gasteiger partial charge in [0.15, 0.2) is 0 Å². The molecular weight excluding hydrogens is 240 g/mol. The molecule has 1 saturated carbocycles. The van der Waals surface area contributed by atoms with E-state index in [-0.39, 0.29) is 17.7 Å². The predicted molar refractivity (Wildman–Crippen MR) is 75.4 cm³/mol. The molecule has 0 aromatic heterocycles. The van der Waals surface area contributed by atoms with Crippen molar-refractivity contribution >= 4 is 5.91 Å². The zero-order valence-electron chi connectivity index (χ0n) is 11.6. The third kappa shape index (κ3) is 3.47. The molecule has 1 aromatic rings. The molecule has 1 aromatic carbocycles. The van der Waals surface area contributed by atoms with Crippen molar-refractivity contribution in [3.8, 4) is 5.75 Å². The number of benzene rings is 1. The van der Waals surface area contributed by atoms with Gasteiger partial charge in [0.25, 0.3) is 5.91 Å². The lowest BCUT2D eigenvalue weighted by Gasteiger charge is -2.29. The summed E-state index contributed by atoms with van der Waals surface area (Å²) in [5, 5.41) is 15.7. The van der Waals surface area contributed by atoms with Gasteiger partial charge in [0, 0.05) is 17.6 Å². The van der Waals surface area contributed by atoms with Gasteiger partial charge in [-0.05, 0) is 63.4 Å². The third-order valence-corrected chi connectivity index (χ3v) is 3.93. The Kier molecular flexibility index (Phi) is 4.43. The van der Waals surface area contributed by atoms with Crippen LogP contribution < -0.4 is 10.6 Å². The second-order valence-corrected chi connectivity index (χ2v) is 5.31. The average molecular weight is 262 g/mol. The predicted octanol–water partition coefficient (Wildman–Crippen LogP) is 1.96. The van der Waals surface area contributed by atoms with Gasteiger partial charge in [0.05, 0.1) is 0 Å². The smallest absolute Gasteiger partial charge is 0.251 e. The van der Waals surface area contributed by atoms with E-state index >= 15 is 0 Å². The minimum Gasteiger partial charge on any atom is -0.508 e. The van der Waals surface area contributed by atoms with E-state index in [4.69, 9.17) is 0 Å². The Morgan fingerprint density at radius 1 is 1.21 bits per heavy atom. The van der Waals surface area contributed by atoms with E-state index in [1.807, 2.05) is 14.0 Å². The molecule has 104 valence electrons. The van der Waals surface area contributed by atoms with Crippen LogP contribution in [0.5, 0.6) is 5.75 Å². The van der Waals surface area contributed by atoms with Crippen LogP contribution in [0, 0.1) is 6.92 Å². The monoisotopic (exact) mass is 262 g/mol. The SMILES string of the molecule is CNC1CCC(NC(=O)c2ccc(O)cc2C)CC1. The number of aryl methyl sites for hydroxylation is 1. The lowest BCUT2D eigenvalue weighted by molar-refractivity contribution is 0.0924. The molecule has 0 atom stereocenters. The van der Waals surface area contributed by atoms with Crippen molar-refractivity contribution in [2.45, 2.75) is 44.7 Å². The van der Waals surface area contributed by atoms with E-state index in [0.717, 1.165) is 31.2 Å². The summed E-state index contributed by atoms with van der Waals surface area (Å²) in [6.07, 6.45) is 4.26. The maximum atomic E-state index is 12.2. The molecule has 4 nitrogen and oxygen atoms in total. The molecule has 1 fully saturated rings. The van der Waals surface area contributed by atoms with Crippen LogP contribution in [-0.4, -0.2) is 30.1 Å². The molecule has 0 spiro atoms. The van der Waals surface area contributed by atoms with Crippen molar-refractivity contribution in [3.63, 3.8) is 0 Å². The van der Waals surface area contributed by atoms with Gasteiger partial charge in [0.1, 0.15) is 5.75 Å². The molecule has 0 radical (unpaired) electrons. The molecule has 1 aliphatic rings. The molecule has 2 rings (SSSR count). The molecule has 0 bridgehead atoms. The Hall–Kier alpha value is -1.55. The molecule has 19 heavy (non-hydrogen) atoms. The number of carbonyl (C=O) groups is 1. The summed E-state index contributed by atoms with van der Waals surface area (Å²) in [6, 6.07) is 5.71. The van der Waals surface area contributed by atoms with Crippen LogP contribution in [0.1, 0.15) is 41.6 Å². The van der Waals surface area contributed by atoms with Crippen molar-refractivity contribution in [2.75, 3.05) is 7.05 Å². The Balaban J connectivity index is 1.94. The van der Waals surface area contributed by atoms with Crippen LogP contribution >= 0.6 is 0 Å². The van der Waals surface area contributed by atoms with Crippen molar-refractivity contribution in [1.82, 2.24) is 10.6 Å². The Labute approximate surface area is 114 Å². The average Bonchev–Trinajstić information content (AvgIpc) is 2.39. The molecule has 0 unspecified atom stereocenters. The Bertz CT molecular complexity index is 451. The van der Waals surface area contributed by atoms with E-state index in [2.05, 4.69) is 10.6 Å². The Morgan fingerprint density at radius 2 is 1.84 bits per heavy atom. The lowest BCUT2D eigenvalue weighted by atomic mass is 9.91. The first kappa shape index (κ1) is 13.9. The minimum absolute atomic E-state index is 0.0367. The van der Waals surface area contributed by atoms with E-state index in [9.17, 15) is 9.90 Å². The zero-order chi connectivity index (χ0) is 13.8. The van der Waals surface area contributed by atoms with Gasteiger partial charge in [-0.2, -0.15) is 0 Å². The number of hydrogen-bond acceptors (Lipinski definition) is 3. The number of phenols is 1. The van der Waals surface area contributed by atoms with Gasteiger partial charge < -0.3 is 15.7 Å². The largest absolute Gasteiger partial charge is 0.508 e. The molecule has 0 heterocycles. The topological polar surface area (TPSA) is 61.4 Å². The summed E-state index contributed by atoms with van der Waals surface area (Å²) in [5.41, 5.74) is 1.45. The molecular formula is C15H22N2O2. The maximum absolute atomic E-state index is 12.2. The fourth-order valence-electron chi connectivity index (χ4n) is 2.69. The number of carbonyl (C=O) groups excluding carboxylic acids is 1. The summed E-state index contributed by atoms with van der Waals surface area (Å²) in [6.45, 7) is 1.84. The summed E-state index contributed by atoms with van der Waals surface area (Å²) in [7, 11) is 1.99. The van der Waals surface area contributed by atoms with Gasteiger partial charge in [-0.1, -0.05) is 0 Å². The highest BCUT2D eigenvalue weighted by molar-refractivity contribution is 5.95. The maximum Gasteiger partial charge on any atom is 0.251 e. The van der Waals surface area contributed by atoms with Crippen LogP contribution in [0.4, 0.5) is 0 Å². The van der Waals surface area contributed by atoms with Crippen molar-refractivity contribution in [2.24, 2.45) is 0 Å². The van der Waals surface area contributed by atoms with Crippen molar-refractivity contribution < 1.29 is 9.90 Å². The van der Waals surface area contributed by atoms with Crippen molar-refractivity contribution in [1.29, 1.82) is 0 Å². The highest BCUT2D eigenvalue weighted by Crippen LogP contribution is 2.20. The van der Waals surface area contributed by atoms with Gasteiger partial charge in [-0.15, -0.1) is 0 Å². The van der Waals surface area contributed by atoms with Gasteiger partial charge in [-0.3, -0.25) is 4.79 Å². The molecule has 4 heteroatoms. The number of rotatable bonds is 3. The highest BCUT2D eigenvalue weighted by Gasteiger charge is 2.22. The number of amides is 1. The molecule has 1 amide bonds. The first-order valence-corrected chi connectivity index (χ1v) is 6.88. The van der Waals surface area contributed by atoms with Crippen LogP contribution in [0.25, 0.3) is 0 Å². The van der Waals surface area contributed by atoms with E-state index in [1.54, 1.807) is 18.2 Å². The summed E-state index contributed by atoms with van der Waals surface area (Å²) in [4.78, 5) is 12.2. The summed E-state index contributed by atoms with van der Waals surface area (Å²) < 4.78 is 0. The number of hydrogen-bond donors (Lipinski definition) is 3. The summed E-state index contributed by atoms with van der Waals surface area (Å²) >= 11 is 0. The second kappa shape index (κ2) is 6.06. The summed E-state index contributed by atoms with van der Waals surface area (Å²) in [5.74, 6) is 0.161. The first-order chi connectivity index (χ1) is 9.10. The normalized spacial score (nSPS) is 23.1. The number of aromatic hydroxyl groups is 1. The molecule has 0 saturated heterocycles. The fourth-order valence-corrected chi connectivity index (χ4v) is 2.69. The standard InChI is InChI=1S/C15H22N2O2/c1-10-9-13(18)7-8-14(10)15(19)17-12-5-3-11(16-2)4-6-12/h7-9,11-12,16,18H,3-6H2,1-2H3,(H,17,19). The number of phenolic OH excluding ortho intramolecular Hbond substituents is 1. The van der Waals surface area contributed by atoms with Crippen molar-refractivity contribution in [3.05, 3.63) is 29.3 Å². The third-order valence-electron chi connectivity index (χ3n) is 3.93. The van der Waals surface area contributed by atoms with E-state index in [0.29, 0.717) is 11.6 Å². The lowest BCUT2D eigenvalue weighted by Crippen LogP contribution is -2.41. The molecule has 3 N–H and O–H groups in total.